The molecule has 0 saturated carbocycles. The first-order valence-corrected chi connectivity index (χ1v) is 7.05. The Balaban J connectivity index is 1.71. The average Bonchev–Trinajstić information content (AvgIpc) is 2.62. The summed E-state index contributed by atoms with van der Waals surface area (Å²) in [6.07, 6.45) is 2.22. The molecule has 0 aromatic heterocycles. The van der Waals surface area contributed by atoms with Crippen molar-refractivity contribution in [2.75, 3.05) is 25.5 Å². The van der Waals surface area contributed by atoms with E-state index in [1.165, 1.54) is 0 Å². The minimum atomic E-state index is 0.00265. The SMILES string of the molecule is CN1CC2CCC(C1)N2C(=O)Nc1cccc(Cl)c1. The van der Waals surface area contributed by atoms with E-state index in [2.05, 4.69) is 17.3 Å². The van der Waals surface area contributed by atoms with Crippen molar-refractivity contribution in [1.82, 2.24) is 9.80 Å². The van der Waals surface area contributed by atoms with Gasteiger partial charge in [-0.3, -0.25) is 0 Å². The lowest BCUT2D eigenvalue weighted by atomic mass is 10.2. The quantitative estimate of drug-likeness (QED) is 0.858. The van der Waals surface area contributed by atoms with E-state index >= 15 is 0 Å². The fourth-order valence-corrected chi connectivity index (χ4v) is 3.39. The van der Waals surface area contributed by atoms with Crippen LogP contribution in [0.3, 0.4) is 0 Å². The molecule has 2 bridgehead atoms. The Labute approximate surface area is 118 Å². The van der Waals surface area contributed by atoms with Crippen LogP contribution in [0.5, 0.6) is 0 Å². The van der Waals surface area contributed by atoms with Crippen LogP contribution in [0, 0.1) is 0 Å². The van der Waals surface area contributed by atoms with Crippen LogP contribution >= 0.6 is 11.6 Å². The maximum atomic E-state index is 12.4. The molecule has 2 unspecified atom stereocenters. The number of carbonyl (C=O) groups excluding carboxylic acids is 1. The first-order valence-electron chi connectivity index (χ1n) is 6.67. The normalized spacial score (nSPS) is 26.5. The molecule has 3 rings (SSSR count). The molecule has 1 aromatic rings. The smallest absolute Gasteiger partial charge is 0.316 e. The fourth-order valence-electron chi connectivity index (χ4n) is 3.20. The summed E-state index contributed by atoms with van der Waals surface area (Å²) >= 11 is 5.93. The van der Waals surface area contributed by atoms with Crippen LogP contribution < -0.4 is 5.32 Å². The predicted molar refractivity (Wildman–Crippen MR) is 76.6 cm³/mol. The van der Waals surface area contributed by atoms with E-state index in [-0.39, 0.29) is 6.03 Å². The number of amides is 2. The number of hydrogen-bond donors (Lipinski definition) is 1. The molecule has 5 heteroatoms. The average molecular weight is 280 g/mol. The number of fused-ring (bicyclic) bond motifs is 2. The van der Waals surface area contributed by atoms with Crippen molar-refractivity contribution in [2.24, 2.45) is 0 Å². The summed E-state index contributed by atoms with van der Waals surface area (Å²) in [5, 5.41) is 3.59. The highest BCUT2D eigenvalue weighted by molar-refractivity contribution is 6.30. The van der Waals surface area contributed by atoms with E-state index in [0.717, 1.165) is 31.6 Å². The van der Waals surface area contributed by atoms with E-state index in [4.69, 9.17) is 11.6 Å². The molecule has 0 aliphatic carbocycles. The Kier molecular flexibility index (Phi) is 3.37. The number of nitrogens with zero attached hydrogens (tertiary/aromatic N) is 2. The summed E-state index contributed by atoms with van der Waals surface area (Å²) in [5.41, 5.74) is 0.760. The van der Waals surface area contributed by atoms with Crippen LogP contribution in [-0.4, -0.2) is 48.1 Å². The molecular weight excluding hydrogens is 262 g/mol. The van der Waals surface area contributed by atoms with Gasteiger partial charge in [0, 0.05) is 35.9 Å². The minimum absolute atomic E-state index is 0.00265. The maximum Gasteiger partial charge on any atom is 0.322 e. The van der Waals surface area contributed by atoms with Crippen molar-refractivity contribution >= 4 is 23.3 Å². The molecule has 2 aliphatic rings. The molecule has 2 aliphatic heterocycles. The molecule has 0 spiro atoms. The van der Waals surface area contributed by atoms with Gasteiger partial charge in [-0.1, -0.05) is 17.7 Å². The van der Waals surface area contributed by atoms with Gasteiger partial charge in [0.15, 0.2) is 0 Å². The Hall–Kier alpha value is -1.26. The third kappa shape index (κ3) is 2.55. The lowest BCUT2D eigenvalue weighted by molar-refractivity contribution is 0.111. The number of urea groups is 1. The molecule has 1 aromatic carbocycles. The standard InChI is InChI=1S/C14H18ClN3O/c1-17-8-12-5-6-13(9-17)18(12)14(19)16-11-4-2-3-10(15)7-11/h2-4,7,12-13H,5-6,8-9H2,1H3,(H,16,19). The molecule has 102 valence electrons. The van der Waals surface area contributed by atoms with Gasteiger partial charge in [-0.25, -0.2) is 4.79 Å². The highest BCUT2D eigenvalue weighted by atomic mass is 35.5. The van der Waals surface area contributed by atoms with E-state index < -0.39 is 0 Å². The van der Waals surface area contributed by atoms with Crippen LogP contribution in [0.25, 0.3) is 0 Å². The summed E-state index contributed by atoms with van der Waals surface area (Å²) in [5.74, 6) is 0. The lowest BCUT2D eigenvalue weighted by Crippen LogP contribution is -2.55. The van der Waals surface area contributed by atoms with Gasteiger partial charge in [-0.05, 0) is 38.1 Å². The first kappa shape index (κ1) is 12.8. The van der Waals surface area contributed by atoms with Gasteiger partial charge in [-0.15, -0.1) is 0 Å². The molecular formula is C14H18ClN3O. The fraction of sp³-hybridized carbons (Fsp3) is 0.500. The Morgan fingerprint density at radius 2 is 2.00 bits per heavy atom. The zero-order valence-electron chi connectivity index (χ0n) is 11.0. The van der Waals surface area contributed by atoms with Crippen LogP contribution in [0.1, 0.15) is 12.8 Å². The van der Waals surface area contributed by atoms with Crippen LogP contribution in [-0.2, 0) is 0 Å². The van der Waals surface area contributed by atoms with E-state index in [1.807, 2.05) is 17.0 Å². The summed E-state index contributed by atoms with van der Waals surface area (Å²) in [6.45, 7) is 1.94. The number of rotatable bonds is 1. The van der Waals surface area contributed by atoms with Crippen molar-refractivity contribution < 1.29 is 4.79 Å². The van der Waals surface area contributed by atoms with Crippen molar-refractivity contribution in [3.8, 4) is 0 Å². The molecule has 2 fully saturated rings. The highest BCUT2D eigenvalue weighted by Gasteiger charge is 2.41. The number of piperazine rings is 1. The van der Waals surface area contributed by atoms with E-state index in [9.17, 15) is 4.79 Å². The summed E-state index contributed by atoms with van der Waals surface area (Å²) < 4.78 is 0. The second kappa shape index (κ2) is 5.02. The molecule has 19 heavy (non-hydrogen) atoms. The van der Waals surface area contributed by atoms with Gasteiger partial charge in [0.2, 0.25) is 0 Å². The molecule has 1 N–H and O–H groups in total. The number of anilines is 1. The number of carbonyl (C=O) groups is 1. The second-order valence-corrected chi connectivity index (χ2v) is 5.89. The molecule has 4 nitrogen and oxygen atoms in total. The predicted octanol–water partition coefficient (Wildman–Crippen LogP) is 2.65. The molecule has 2 heterocycles. The van der Waals surface area contributed by atoms with Crippen LogP contribution in [0.15, 0.2) is 24.3 Å². The topological polar surface area (TPSA) is 35.6 Å². The monoisotopic (exact) mass is 279 g/mol. The van der Waals surface area contributed by atoms with Gasteiger partial charge in [-0.2, -0.15) is 0 Å². The van der Waals surface area contributed by atoms with Crippen molar-refractivity contribution in [1.29, 1.82) is 0 Å². The molecule has 2 saturated heterocycles. The van der Waals surface area contributed by atoms with Crippen molar-refractivity contribution in [3.05, 3.63) is 29.3 Å². The number of hydrogen-bond acceptors (Lipinski definition) is 2. The Morgan fingerprint density at radius 1 is 1.32 bits per heavy atom. The van der Waals surface area contributed by atoms with Crippen LogP contribution in [0.4, 0.5) is 10.5 Å². The summed E-state index contributed by atoms with van der Waals surface area (Å²) in [7, 11) is 2.12. The van der Waals surface area contributed by atoms with E-state index in [1.54, 1.807) is 12.1 Å². The van der Waals surface area contributed by atoms with Crippen LogP contribution in [0.2, 0.25) is 5.02 Å². The first-order chi connectivity index (χ1) is 9.13. The van der Waals surface area contributed by atoms with E-state index in [0.29, 0.717) is 17.1 Å². The molecule has 2 amide bonds. The van der Waals surface area contributed by atoms with Gasteiger partial charge >= 0.3 is 6.03 Å². The van der Waals surface area contributed by atoms with Gasteiger partial charge in [0.1, 0.15) is 0 Å². The van der Waals surface area contributed by atoms with Gasteiger partial charge in [0.05, 0.1) is 0 Å². The number of halogens is 1. The van der Waals surface area contributed by atoms with Gasteiger partial charge in [0.25, 0.3) is 0 Å². The highest BCUT2D eigenvalue weighted by Crippen LogP contribution is 2.30. The summed E-state index contributed by atoms with van der Waals surface area (Å²) in [6, 6.07) is 7.99. The number of benzene rings is 1. The van der Waals surface area contributed by atoms with Crippen molar-refractivity contribution in [3.63, 3.8) is 0 Å². The lowest BCUT2D eigenvalue weighted by Gasteiger charge is -2.39. The van der Waals surface area contributed by atoms with Crippen molar-refractivity contribution in [2.45, 2.75) is 24.9 Å². The zero-order valence-corrected chi connectivity index (χ0v) is 11.7. The summed E-state index contributed by atoms with van der Waals surface area (Å²) in [4.78, 5) is 16.7. The number of nitrogens with one attached hydrogen (secondary N) is 1. The molecule has 2 atom stereocenters. The maximum absolute atomic E-state index is 12.4. The third-order valence-electron chi connectivity index (χ3n) is 3.98. The zero-order chi connectivity index (χ0) is 13.4. The minimum Gasteiger partial charge on any atom is -0.316 e. The third-order valence-corrected chi connectivity index (χ3v) is 4.21. The Bertz CT molecular complexity index is 479. The Morgan fingerprint density at radius 3 is 2.63 bits per heavy atom. The molecule has 0 radical (unpaired) electrons. The van der Waals surface area contributed by atoms with Gasteiger partial charge < -0.3 is 15.1 Å². The second-order valence-electron chi connectivity index (χ2n) is 5.45. The largest absolute Gasteiger partial charge is 0.322 e. The number of likely N-dealkylation sites (tertiary alicyclic amines) is 1. The number of likely N-dealkylation sites (N-methyl/N-ethyl adjacent to an activating group) is 1.